The van der Waals surface area contributed by atoms with Crippen molar-refractivity contribution >= 4 is 42.1 Å². The number of carbonyl (C=O) groups excluding carboxylic acids is 2. The Balaban J connectivity index is 2.15. The van der Waals surface area contributed by atoms with Gasteiger partial charge in [0.2, 0.25) is 5.91 Å². The second-order valence-corrected chi connectivity index (χ2v) is 12.6. The molecule has 1 atom stereocenters. The highest BCUT2D eigenvalue weighted by atomic mass is 35.5. The molecule has 0 spiro atoms. The van der Waals surface area contributed by atoms with E-state index in [9.17, 15) is 19.6 Å². The highest BCUT2D eigenvalue weighted by molar-refractivity contribution is 6.46. The lowest BCUT2D eigenvalue weighted by molar-refractivity contribution is -0.121. The Hall–Kier alpha value is -1.28. The summed E-state index contributed by atoms with van der Waals surface area (Å²) < 4.78 is 0. The molecule has 0 saturated heterocycles. The van der Waals surface area contributed by atoms with Gasteiger partial charge in [0.05, 0.1) is 17.1 Å². The third-order valence-electron chi connectivity index (χ3n) is 8.12. The van der Waals surface area contributed by atoms with Gasteiger partial charge in [0.25, 0.3) is 5.91 Å². The first-order valence-electron chi connectivity index (χ1n) is 15.0. The van der Waals surface area contributed by atoms with Gasteiger partial charge in [0, 0.05) is 16.4 Å². The second kappa shape index (κ2) is 18.2. The monoisotopic (exact) mass is 582 g/mol. The summed E-state index contributed by atoms with van der Waals surface area (Å²) in [6.07, 6.45) is 17.0. The van der Waals surface area contributed by atoms with Crippen LogP contribution in [0.4, 0.5) is 0 Å². The first kappa shape index (κ1) is 33.9. The van der Waals surface area contributed by atoms with Gasteiger partial charge in [-0.1, -0.05) is 121 Å². The molecule has 1 aliphatic rings. The normalized spacial score (nSPS) is 18.7. The second-order valence-electron chi connectivity index (χ2n) is 11.8. The Morgan fingerprint density at radius 2 is 1.36 bits per heavy atom. The van der Waals surface area contributed by atoms with Crippen LogP contribution >= 0.6 is 23.2 Å². The van der Waals surface area contributed by atoms with Crippen molar-refractivity contribution in [1.82, 2.24) is 10.6 Å². The molecule has 1 aromatic rings. The Morgan fingerprint density at radius 3 is 1.82 bits per heavy atom. The lowest BCUT2D eigenvalue weighted by Crippen LogP contribution is -2.53. The number of hydrogen-bond donors (Lipinski definition) is 4. The predicted molar refractivity (Wildman–Crippen MR) is 162 cm³/mol. The van der Waals surface area contributed by atoms with Gasteiger partial charge in [-0.2, -0.15) is 0 Å². The van der Waals surface area contributed by atoms with E-state index < -0.39 is 24.4 Å². The van der Waals surface area contributed by atoms with Gasteiger partial charge in [-0.05, 0) is 43.4 Å². The van der Waals surface area contributed by atoms with Gasteiger partial charge in [0.15, 0.2) is 0 Å². The molecule has 39 heavy (non-hydrogen) atoms. The maximum Gasteiger partial charge on any atom is 0.460 e. The van der Waals surface area contributed by atoms with E-state index >= 15 is 0 Å². The summed E-state index contributed by atoms with van der Waals surface area (Å²) in [4.78, 5) is 25.8. The van der Waals surface area contributed by atoms with Crippen molar-refractivity contribution in [2.45, 2.75) is 128 Å². The van der Waals surface area contributed by atoms with Crippen molar-refractivity contribution in [2.24, 2.45) is 5.92 Å². The van der Waals surface area contributed by atoms with Gasteiger partial charge >= 0.3 is 7.12 Å². The van der Waals surface area contributed by atoms with Gasteiger partial charge in [-0.3, -0.25) is 9.59 Å². The summed E-state index contributed by atoms with van der Waals surface area (Å²) >= 11 is 12.1. The SMILES string of the molecule is CC(C)C[C@H](NC(=O)CNC(=O)c1cc(Cl)ccc1Cl)C1(B(O)O)CCCCCCCCCCCCCCC1. The van der Waals surface area contributed by atoms with Crippen LogP contribution in [0.5, 0.6) is 0 Å². The van der Waals surface area contributed by atoms with Gasteiger partial charge in [-0.25, -0.2) is 0 Å². The molecule has 1 fully saturated rings. The van der Waals surface area contributed by atoms with Crippen molar-refractivity contribution in [3.63, 3.8) is 0 Å². The molecule has 9 heteroatoms. The van der Waals surface area contributed by atoms with Gasteiger partial charge in [-0.15, -0.1) is 0 Å². The number of amides is 2. The van der Waals surface area contributed by atoms with E-state index in [0.717, 1.165) is 38.5 Å². The Bertz CT molecular complexity index is 869. The largest absolute Gasteiger partial charge is 0.460 e. The maximum atomic E-state index is 13.1. The van der Waals surface area contributed by atoms with Crippen LogP contribution in [0.25, 0.3) is 0 Å². The number of benzene rings is 1. The van der Waals surface area contributed by atoms with E-state index in [1.165, 1.54) is 51.0 Å². The molecular formula is C30H49BCl2N2O4. The molecule has 4 N–H and O–H groups in total. The molecular weight excluding hydrogens is 534 g/mol. The molecule has 0 radical (unpaired) electrons. The van der Waals surface area contributed by atoms with Gasteiger partial charge in [0.1, 0.15) is 0 Å². The van der Waals surface area contributed by atoms with Crippen molar-refractivity contribution in [3.05, 3.63) is 33.8 Å². The first-order chi connectivity index (χ1) is 18.7. The standard InChI is InChI=1S/C30H49BCl2N2O4/c1-23(2)20-27(35-28(36)22-34-29(37)25-21-24(32)16-17-26(25)33)30(31(38)39)18-14-12-10-8-6-4-3-5-7-9-11-13-15-19-30/h16-17,21,23,27,38-39H,3-15,18-20,22H2,1-2H3,(H,34,37)(H,35,36)/t27-/m0/s1. The van der Waals surface area contributed by atoms with Crippen LogP contribution in [0.3, 0.4) is 0 Å². The minimum absolute atomic E-state index is 0.204. The summed E-state index contributed by atoms with van der Waals surface area (Å²) in [5.41, 5.74) is 0.204. The lowest BCUT2D eigenvalue weighted by atomic mass is 9.48. The van der Waals surface area contributed by atoms with Crippen LogP contribution in [0.15, 0.2) is 18.2 Å². The van der Waals surface area contributed by atoms with Crippen LogP contribution in [-0.4, -0.2) is 41.6 Å². The van der Waals surface area contributed by atoms with Crippen LogP contribution in [0, 0.1) is 5.92 Å². The molecule has 2 amide bonds. The van der Waals surface area contributed by atoms with Crippen LogP contribution in [-0.2, 0) is 4.79 Å². The zero-order valence-corrected chi connectivity index (χ0v) is 25.5. The summed E-state index contributed by atoms with van der Waals surface area (Å²) in [6, 6.07) is 4.18. The smallest absolute Gasteiger partial charge is 0.427 e. The summed E-state index contributed by atoms with van der Waals surface area (Å²) in [6.45, 7) is 3.91. The van der Waals surface area contributed by atoms with E-state index in [-0.39, 0.29) is 29.0 Å². The Morgan fingerprint density at radius 1 is 0.872 bits per heavy atom. The number of rotatable bonds is 8. The summed E-state index contributed by atoms with van der Waals surface area (Å²) in [5.74, 6) is -0.606. The number of nitrogens with one attached hydrogen (secondary N) is 2. The molecule has 0 heterocycles. The van der Waals surface area contributed by atoms with Crippen molar-refractivity contribution in [3.8, 4) is 0 Å². The summed E-state index contributed by atoms with van der Waals surface area (Å²) in [7, 11) is -1.54. The Labute approximate surface area is 246 Å². The van der Waals surface area contributed by atoms with Crippen LogP contribution in [0.2, 0.25) is 15.4 Å². The number of carbonyl (C=O) groups is 2. The molecule has 1 saturated carbocycles. The average Bonchev–Trinajstić information content (AvgIpc) is 2.88. The quantitative estimate of drug-likeness (QED) is 0.241. The predicted octanol–water partition coefficient (Wildman–Crippen LogP) is 7.33. The van der Waals surface area contributed by atoms with Crippen molar-refractivity contribution in [2.75, 3.05) is 6.54 Å². The zero-order valence-electron chi connectivity index (χ0n) is 24.0. The lowest BCUT2D eigenvalue weighted by Gasteiger charge is -2.42. The van der Waals surface area contributed by atoms with E-state index in [0.29, 0.717) is 24.3 Å². The molecule has 1 aromatic carbocycles. The average molecular weight is 583 g/mol. The minimum atomic E-state index is -1.54. The van der Waals surface area contributed by atoms with Crippen LogP contribution < -0.4 is 10.6 Å². The number of halogens is 2. The fraction of sp³-hybridized carbons (Fsp3) is 0.733. The number of hydrogen-bond acceptors (Lipinski definition) is 4. The molecule has 0 aliphatic heterocycles. The zero-order chi connectivity index (χ0) is 28.7. The first-order valence-corrected chi connectivity index (χ1v) is 15.8. The van der Waals surface area contributed by atoms with E-state index in [1.54, 1.807) is 12.1 Å². The molecule has 0 unspecified atom stereocenters. The fourth-order valence-electron chi connectivity index (χ4n) is 5.85. The summed E-state index contributed by atoms with van der Waals surface area (Å²) in [5, 5.41) is 27.2. The van der Waals surface area contributed by atoms with E-state index in [2.05, 4.69) is 24.5 Å². The minimum Gasteiger partial charge on any atom is -0.427 e. The molecule has 0 bridgehead atoms. The molecule has 2 rings (SSSR count). The fourth-order valence-corrected chi connectivity index (χ4v) is 6.22. The molecule has 6 nitrogen and oxygen atoms in total. The van der Waals surface area contributed by atoms with Crippen molar-refractivity contribution < 1.29 is 19.6 Å². The molecule has 220 valence electrons. The van der Waals surface area contributed by atoms with E-state index in [1.807, 2.05) is 0 Å². The topological polar surface area (TPSA) is 98.7 Å². The third kappa shape index (κ3) is 12.0. The highest BCUT2D eigenvalue weighted by Crippen LogP contribution is 2.46. The van der Waals surface area contributed by atoms with Crippen LogP contribution in [0.1, 0.15) is 127 Å². The van der Waals surface area contributed by atoms with Crippen molar-refractivity contribution in [1.29, 1.82) is 0 Å². The third-order valence-corrected chi connectivity index (χ3v) is 8.68. The maximum absolute atomic E-state index is 13.1. The molecule has 1 aliphatic carbocycles. The van der Waals surface area contributed by atoms with Gasteiger partial charge < -0.3 is 20.7 Å². The Kier molecular flexibility index (Phi) is 15.8. The van der Waals surface area contributed by atoms with E-state index in [4.69, 9.17) is 23.2 Å². The molecule has 0 aromatic heterocycles. The highest BCUT2D eigenvalue weighted by Gasteiger charge is 2.48.